The van der Waals surface area contributed by atoms with Crippen molar-refractivity contribution < 1.29 is 18.3 Å². The van der Waals surface area contributed by atoms with E-state index in [9.17, 15) is 13.5 Å². The largest absolute Gasteiger partial charge is 0.491 e. The van der Waals surface area contributed by atoms with Gasteiger partial charge in [0.2, 0.25) is 10.0 Å². The number of nitrogens with one attached hydrogen (secondary N) is 1. The zero-order chi connectivity index (χ0) is 17.7. The van der Waals surface area contributed by atoms with Crippen LogP contribution in [0, 0.1) is 13.8 Å². The summed E-state index contributed by atoms with van der Waals surface area (Å²) in [7, 11) is -3.71. The number of ether oxygens (including phenoxy) is 1. The third kappa shape index (κ3) is 4.56. The minimum absolute atomic E-state index is 0.00121. The van der Waals surface area contributed by atoms with Crippen molar-refractivity contribution in [3.63, 3.8) is 0 Å². The first-order valence-corrected chi connectivity index (χ1v) is 9.21. The van der Waals surface area contributed by atoms with Crippen molar-refractivity contribution in [2.24, 2.45) is 0 Å². The average Bonchev–Trinajstić information content (AvgIpc) is 2.94. The molecule has 7 nitrogen and oxygen atoms in total. The lowest BCUT2D eigenvalue weighted by molar-refractivity contribution is 0.111. The topological polar surface area (TPSA) is 93.5 Å². The van der Waals surface area contributed by atoms with Gasteiger partial charge in [0.1, 0.15) is 23.4 Å². The first kappa shape index (κ1) is 18.4. The second-order valence-corrected chi connectivity index (χ2v) is 7.28. The fraction of sp³-hybridized carbons (Fsp3) is 0.438. The standard InChI is InChI=1S/C16H23N3O4S/c1-4-19-13(3)16(10-17-19)24(21,22)18-9-14(20)11-23-15-7-5-12(2)6-8-15/h5-8,10,14,18,20H,4,9,11H2,1-3H3/t14-/m1/s1. The monoisotopic (exact) mass is 353 g/mol. The number of aromatic nitrogens is 2. The molecular weight excluding hydrogens is 330 g/mol. The van der Waals surface area contributed by atoms with Gasteiger partial charge in [-0.3, -0.25) is 4.68 Å². The van der Waals surface area contributed by atoms with Gasteiger partial charge in [0.05, 0.1) is 11.9 Å². The third-order valence-corrected chi connectivity index (χ3v) is 5.15. The second kappa shape index (κ2) is 7.78. The van der Waals surface area contributed by atoms with E-state index in [0.717, 1.165) is 5.56 Å². The summed E-state index contributed by atoms with van der Waals surface area (Å²) in [5.74, 6) is 0.627. The van der Waals surface area contributed by atoms with Crippen molar-refractivity contribution in [2.45, 2.75) is 38.3 Å². The van der Waals surface area contributed by atoms with E-state index >= 15 is 0 Å². The summed E-state index contributed by atoms with van der Waals surface area (Å²) in [5.41, 5.74) is 1.68. The van der Waals surface area contributed by atoms with Crippen molar-refractivity contribution in [3.05, 3.63) is 41.7 Å². The van der Waals surface area contributed by atoms with Gasteiger partial charge in [0.25, 0.3) is 0 Å². The molecule has 8 heteroatoms. The molecule has 2 N–H and O–H groups in total. The molecule has 1 atom stereocenters. The minimum atomic E-state index is -3.71. The number of rotatable bonds is 8. The van der Waals surface area contributed by atoms with Gasteiger partial charge in [-0.15, -0.1) is 0 Å². The molecule has 0 saturated carbocycles. The highest BCUT2D eigenvalue weighted by Gasteiger charge is 2.21. The molecule has 0 aliphatic rings. The van der Waals surface area contributed by atoms with E-state index in [-0.39, 0.29) is 18.0 Å². The molecule has 0 fully saturated rings. The zero-order valence-corrected chi connectivity index (χ0v) is 14.9. The van der Waals surface area contributed by atoms with Crippen LogP contribution in [0.4, 0.5) is 0 Å². The minimum Gasteiger partial charge on any atom is -0.491 e. The summed E-state index contributed by atoms with van der Waals surface area (Å²) in [6, 6.07) is 7.40. The molecule has 0 bridgehead atoms. The summed E-state index contributed by atoms with van der Waals surface area (Å²) in [6.45, 7) is 6.01. The van der Waals surface area contributed by atoms with Crippen LogP contribution in [0.2, 0.25) is 0 Å². The Morgan fingerprint density at radius 2 is 1.96 bits per heavy atom. The van der Waals surface area contributed by atoms with Crippen LogP contribution in [0.15, 0.2) is 35.4 Å². The number of aliphatic hydroxyl groups excluding tert-OH is 1. The Balaban J connectivity index is 1.89. The Bertz CT molecular complexity index is 769. The predicted molar refractivity (Wildman–Crippen MR) is 90.5 cm³/mol. The van der Waals surface area contributed by atoms with E-state index in [1.165, 1.54) is 6.20 Å². The van der Waals surface area contributed by atoms with Gasteiger partial charge in [-0.2, -0.15) is 5.10 Å². The number of sulfonamides is 1. The molecule has 0 spiro atoms. The highest BCUT2D eigenvalue weighted by Crippen LogP contribution is 2.14. The summed E-state index contributed by atoms with van der Waals surface area (Å²) < 4.78 is 34.0. The number of nitrogens with zero attached hydrogens (tertiary/aromatic N) is 2. The third-order valence-electron chi connectivity index (χ3n) is 3.62. The highest BCUT2D eigenvalue weighted by atomic mass is 32.2. The molecular formula is C16H23N3O4S. The molecule has 1 heterocycles. The first-order chi connectivity index (χ1) is 11.3. The second-order valence-electron chi connectivity index (χ2n) is 5.54. The van der Waals surface area contributed by atoms with Crippen LogP contribution in [0.1, 0.15) is 18.2 Å². The Kier molecular flexibility index (Phi) is 5.98. The molecule has 132 valence electrons. The van der Waals surface area contributed by atoms with Crippen molar-refractivity contribution >= 4 is 10.0 Å². The van der Waals surface area contributed by atoms with E-state index < -0.39 is 16.1 Å². The van der Waals surface area contributed by atoms with Crippen molar-refractivity contribution in [1.82, 2.24) is 14.5 Å². The van der Waals surface area contributed by atoms with Crippen LogP contribution in [0.5, 0.6) is 5.75 Å². The van der Waals surface area contributed by atoms with Gasteiger partial charge in [-0.1, -0.05) is 17.7 Å². The maximum Gasteiger partial charge on any atom is 0.244 e. The molecule has 0 unspecified atom stereocenters. The van der Waals surface area contributed by atoms with Crippen LogP contribution < -0.4 is 9.46 Å². The fourth-order valence-electron chi connectivity index (χ4n) is 2.18. The molecule has 0 radical (unpaired) electrons. The number of hydrogen-bond acceptors (Lipinski definition) is 5. The molecule has 0 aliphatic heterocycles. The molecule has 0 amide bonds. The molecule has 2 rings (SSSR count). The highest BCUT2D eigenvalue weighted by molar-refractivity contribution is 7.89. The predicted octanol–water partition coefficient (Wildman–Crippen LogP) is 1.24. The number of benzene rings is 1. The van der Waals surface area contributed by atoms with Gasteiger partial charge in [-0.05, 0) is 32.9 Å². The van der Waals surface area contributed by atoms with Crippen LogP contribution in [-0.4, -0.2) is 42.6 Å². The quantitative estimate of drug-likeness (QED) is 0.745. The van der Waals surface area contributed by atoms with Crippen molar-refractivity contribution in [1.29, 1.82) is 0 Å². The Hall–Kier alpha value is -1.90. The number of hydrogen-bond donors (Lipinski definition) is 2. The van der Waals surface area contributed by atoms with E-state index in [1.807, 2.05) is 26.0 Å². The van der Waals surface area contributed by atoms with Gasteiger partial charge in [0.15, 0.2) is 0 Å². The lowest BCUT2D eigenvalue weighted by atomic mass is 10.2. The van der Waals surface area contributed by atoms with Crippen LogP contribution in [0.3, 0.4) is 0 Å². The number of aryl methyl sites for hydroxylation is 2. The summed E-state index contributed by atoms with van der Waals surface area (Å²) in [5, 5.41) is 13.9. The first-order valence-electron chi connectivity index (χ1n) is 7.73. The Morgan fingerprint density at radius 3 is 2.54 bits per heavy atom. The average molecular weight is 353 g/mol. The van der Waals surface area contributed by atoms with Gasteiger partial charge < -0.3 is 9.84 Å². The molecule has 24 heavy (non-hydrogen) atoms. The van der Waals surface area contributed by atoms with Crippen molar-refractivity contribution in [2.75, 3.05) is 13.2 Å². The van der Waals surface area contributed by atoms with E-state index in [2.05, 4.69) is 9.82 Å². The number of aliphatic hydroxyl groups is 1. The molecule has 1 aromatic heterocycles. The van der Waals surface area contributed by atoms with E-state index in [4.69, 9.17) is 4.74 Å². The maximum absolute atomic E-state index is 12.3. The van der Waals surface area contributed by atoms with E-state index in [1.54, 1.807) is 23.7 Å². The van der Waals surface area contributed by atoms with Gasteiger partial charge in [-0.25, -0.2) is 13.1 Å². The van der Waals surface area contributed by atoms with Crippen LogP contribution >= 0.6 is 0 Å². The molecule has 0 saturated heterocycles. The molecule has 2 aromatic rings. The maximum atomic E-state index is 12.3. The van der Waals surface area contributed by atoms with Gasteiger partial charge >= 0.3 is 0 Å². The van der Waals surface area contributed by atoms with Crippen molar-refractivity contribution in [3.8, 4) is 5.75 Å². The Morgan fingerprint density at radius 1 is 1.29 bits per heavy atom. The molecule has 0 aliphatic carbocycles. The zero-order valence-electron chi connectivity index (χ0n) is 14.1. The SMILES string of the molecule is CCn1ncc(S(=O)(=O)NC[C@@H](O)COc2ccc(C)cc2)c1C. The van der Waals surface area contributed by atoms with Gasteiger partial charge in [0, 0.05) is 13.1 Å². The van der Waals surface area contributed by atoms with E-state index in [0.29, 0.717) is 18.0 Å². The van der Waals surface area contributed by atoms with Crippen LogP contribution in [0.25, 0.3) is 0 Å². The lowest BCUT2D eigenvalue weighted by Crippen LogP contribution is -2.35. The lowest BCUT2D eigenvalue weighted by Gasteiger charge is -2.13. The van der Waals surface area contributed by atoms with Crippen LogP contribution in [-0.2, 0) is 16.6 Å². The Labute approximate surface area is 142 Å². The summed E-state index contributed by atoms with van der Waals surface area (Å²) in [4.78, 5) is 0.121. The summed E-state index contributed by atoms with van der Waals surface area (Å²) >= 11 is 0. The smallest absolute Gasteiger partial charge is 0.244 e. The normalized spacial score (nSPS) is 13.0. The fourth-order valence-corrected chi connectivity index (χ4v) is 3.43. The summed E-state index contributed by atoms with van der Waals surface area (Å²) in [6.07, 6.45) is 0.360. The molecule has 1 aromatic carbocycles.